The fourth-order valence-corrected chi connectivity index (χ4v) is 2.14. The molecule has 1 aromatic carbocycles. The van der Waals surface area contributed by atoms with Crippen LogP contribution >= 0.6 is 0 Å². The van der Waals surface area contributed by atoms with Gasteiger partial charge in [0.25, 0.3) is 5.91 Å². The number of benzene rings is 1. The van der Waals surface area contributed by atoms with E-state index in [1.165, 1.54) is 17.0 Å². The molecule has 0 unspecified atom stereocenters. The molecule has 1 amide bonds. The molecule has 1 N–H and O–H groups in total. The number of hydrogen-bond donors (Lipinski definition) is 1. The lowest BCUT2D eigenvalue weighted by atomic mass is 10.0. The monoisotopic (exact) mass is 287 g/mol. The highest BCUT2D eigenvalue weighted by molar-refractivity contribution is 5.93. The van der Waals surface area contributed by atoms with Crippen molar-refractivity contribution in [3.05, 3.63) is 59.5 Å². The van der Waals surface area contributed by atoms with Crippen LogP contribution in [0.25, 0.3) is 0 Å². The van der Waals surface area contributed by atoms with Gasteiger partial charge >= 0.3 is 5.97 Å². The fourth-order valence-electron chi connectivity index (χ4n) is 2.14. The van der Waals surface area contributed by atoms with Crippen LogP contribution in [0.2, 0.25) is 0 Å². The summed E-state index contributed by atoms with van der Waals surface area (Å²) in [6.45, 7) is 2.55. The minimum absolute atomic E-state index is 0.0372. The number of amides is 1. The third-order valence-electron chi connectivity index (χ3n) is 3.29. The number of carboxylic acid groups (broad SMARTS) is 1. The lowest BCUT2D eigenvalue weighted by Crippen LogP contribution is -2.30. The van der Waals surface area contributed by atoms with Gasteiger partial charge < -0.3 is 14.4 Å². The van der Waals surface area contributed by atoms with Crippen LogP contribution < -0.4 is 0 Å². The molecule has 1 heterocycles. The van der Waals surface area contributed by atoms with Crippen LogP contribution in [0.15, 0.2) is 46.9 Å². The summed E-state index contributed by atoms with van der Waals surface area (Å²) in [4.78, 5) is 24.5. The molecule has 110 valence electrons. The van der Waals surface area contributed by atoms with E-state index in [4.69, 9.17) is 9.52 Å². The number of nitrogens with zero attached hydrogens (tertiary/aromatic N) is 1. The molecule has 0 saturated carbocycles. The summed E-state index contributed by atoms with van der Waals surface area (Å²) in [5, 5.41) is 8.79. The molecule has 0 radical (unpaired) electrons. The molecule has 0 aliphatic carbocycles. The van der Waals surface area contributed by atoms with Crippen molar-refractivity contribution < 1.29 is 19.1 Å². The molecule has 0 aliphatic rings. The molecule has 5 nitrogen and oxygen atoms in total. The van der Waals surface area contributed by atoms with Gasteiger partial charge in [-0.05, 0) is 23.6 Å². The van der Waals surface area contributed by atoms with E-state index in [2.05, 4.69) is 0 Å². The highest BCUT2D eigenvalue weighted by Crippen LogP contribution is 2.17. The van der Waals surface area contributed by atoms with E-state index < -0.39 is 5.97 Å². The van der Waals surface area contributed by atoms with Crippen LogP contribution in [0.4, 0.5) is 0 Å². The number of carbonyl (C=O) groups excluding carboxylic acids is 1. The minimum atomic E-state index is -1.19. The quantitative estimate of drug-likeness (QED) is 0.918. The largest absolute Gasteiger partial charge is 0.475 e. The van der Waals surface area contributed by atoms with Crippen molar-refractivity contribution in [2.45, 2.75) is 12.8 Å². The van der Waals surface area contributed by atoms with Gasteiger partial charge in [-0.2, -0.15) is 0 Å². The second-order valence-electron chi connectivity index (χ2n) is 4.97. The molecule has 5 heteroatoms. The molecule has 0 aliphatic heterocycles. The maximum Gasteiger partial charge on any atom is 0.371 e. The summed E-state index contributed by atoms with van der Waals surface area (Å²) in [7, 11) is 1.67. The van der Waals surface area contributed by atoms with Gasteiger partial charge in [-0.15, -0.1) is 0 Å². The molecule has 2 aromatic rings. The van der Waals surface area contributed by atoms with Crippen molar-refractivity contribution in [3.8, 4) is 0 Å². The smallest absolute Gasteiger partial charge is 0.371 e. The number of aromatic carboxylic acids is 1. The van der Waals surface area contributed by atoms with Gasteiger partial charge in [0.05, 0.1) is 0 Å². The number of hydrogen-bond acceptors (Lipinski definition) is 3. The first-order valence-corrected chi connectivity index (χ1v) is 6.62. The average Bonchev–Trinajstić information content (AvgIpc) is 2.97. The van der Waals surface area contributed by atoms with Gasteiger partial charge in [-0.25, -0.2) is 4.79 Å². The molecule has 1 aromatic heterocycles. The first-order chi connectivity index (χ1) is 9.99. The number of carboxylic acids is 1. The van der Waals surface area contributed by atoms with E-state index >= 15 is 0 Å². The Morgan fingerprint density at radius 3 is 2.33 bits per heavy atom. The molecule has 0 spiro atoms. The maximum atomic E-state index is 12.2. The van der Waals surface area contributed by atoms with Crippen molar-refractivity contribution in [2.75, 3.05) is 13.6 Å². The van der Waals surface area contributed by atoms with Crippen LogP contribution in [-0.2, 0) is 0 Å². The summed E-state index contributed by atoms with van der Waals surface area (Å²) in [6, 6.07) is 12.6. The number of rotatable bonds is 5. The Labute approximate surface area is 122 Å². The predicted molar refractivity (Wildman–Crippen MR) is 77.5 cm³/mol. The number of carbonyl (C=O) groups is 2. The highest BCUT2D eigenvalue weighted by Gasteiger charge is 2.20. The van der Waals surface area contributed by atoms with Crippen molar-refractivity contribution in [1.82, 2.24) is 4.90 Å². The zero-order chi connectivity index (χ0) is 15.4. The Morgan fingerprint density at radius 1 is 1.14 bits per heavy atom. The molecule has 0 saturated heterocycles. The third kappa shape index (κ3) is 3.51. The number of furan rings is 1. The first-order valence-electron chi connectivity index (χ1n) is 6.62. The Balaban J connectivity index is 2.03. The molecule has 2 rings (SSSR count). The normalized spacial score (nSPS) is 11.9. The first kappa shape index (κ1) is 14.8. The second-order valence-corrected chi connectivity index (χ2v) is 4.97. The van der Waals surface area contributed by atoms with Gasteiger partial charge in [0.1, 0.15) is 0 Å². The van der Waals surface area contributed by atoms with Crippen LogP contribution in [0.1, 0.15) is 39.5 Å². The summed E-state index contributed by atoms with van der Waals surface area (Å²) in [5.74, 6) is -1.54. The van der Waals surface area contributed by atoms with Gasteiger partial charge in [0.2, 0.25) is 5.76 Å². The summed E-state index contributed by atoms with van der Waals surface area (Å²) < 4.78 is 5.02. The van der Waals surface area contributed by atoms with Gasteiger partial charge in [0, 0.05) is 13.6 Å². The molecular formula is C16H17NO4. The molecule has 0 bridgehead atoms. The maximum absolute atomic E-state index is 12.2. The van der Waals surface area contributed by atoms with E-state index in [1.807, 2.05) is 37.3 Å². The second kappa shape index (κ2) is 6.26. The zero-order valence-corrected chi connectivity index (χ0v) is 11.9. The standard InChI is InChI=1S/C16H17NO4/c1-11(12-6-4-3-5-7-12)10-17(2)15(18)13-8-9-14(21-13)16(19)20/h3-9,11H,10H2,1-2H3,(H,19,20)/t11-/m0/s1. The summed E-state index contributed by atoms with van der Waals surface area (Å²) >= 11 is 0. The predicted octanol–water partition coefficient (Wildman–Crippen LogP) is 2.85. The van der Waals surface area contributed by atoms with Crippen molar-refractivity contribution in [1.29, 1.82) is 0 Å². The average molecular weight is 287 g/mol. The van der Waals surface area contributed by atoms with E-state index in [1.54, 1.807) is 7.05 Å². The van der Waals surface area contributed by atoms with Crippen LogP contribution in [0.5, 0.6) is 0 Å². The van der Waals surface area contributed by atoms with Gasteiger partial charge in [-0.3, -0.25) is 4.79 Å². The third-order valence-corrected chi connectivity index (χ3v) is 3.29. The van der Waals surface area contributed by atoms with Crippen LogP contribution in [0.3, 0.4) is 0 Å². The lowest BCUT2D eigenvalue weighted by Gasteiger charge is -2.21. The molecule has 0 fully saturated rings. The lowest BCUT2D eigenvalue weighted by molar-refractivity contribution is 0.0653. The SMILES string of the molecule is C[C@@H](CN(C)C(=O)c1ccc(C(=O)O)o1)c1ccccc1. The minimum Gasteiger partial charge on any atom is -0.475 e. The Hall–Kier alpha value is -2.56. The highest BCUT2D eigenvalue weighted by atomic mass is 16.4. The van der Waals surface area contributed by atoms with Gasteiger partial charge in [-0.1, -0.05) is 37.3 Å². The molecular weight excluding hydrogens is 270 g/mol. The van der Waals surface area contributed by atoms with Gasteiger partial charge in [0.15, 0.2) is 5.76 Å². The molecule has 21 heavy (non-hydrogen) atoms. The fraction of sp³-hybridized carbons (Fsp3) is 0.250. The Morgan fingerprint density at radius 2 is 1.76 bits per heavy atom. The summed E-state index contributed by atoms with van der Waals surface area (Å²) in [5.41, 5.74) is 1.14. The van der Waals surface area contributed by atoms with Crippen LogP contribution in [0, 0.1) is 0 Å². The van der Waals surface area contributed by atoms with E-state index in [-0.39, 0.29) is 23.3 Å². The molecule has 1 atom stereocenters. The Kier molecular flexibility index (Phi) is 4.42. The van der Waals surface area contributed by atoms with Crippen molar-refractivity contribution >= 4 is 11.9 Å². The Bertz CT molecular complexity index is 633. The summed E-state index contributed by atoms with van der Waals surface area (Å²) in [6.07, 6.45) is 0. The topological polar surface area (TPSA) is 70.8 Å². The van der Waals surface area contributed by atoms with E-state index in [9.17, 15) is 9.59 Å². The van der Waals surface area contributed by atoms with E-state index in [0.29, 0.717) is 6.54 Å². The van der Waals surface area contributed by atoms with Crippen molar-refractivity contribution in [3.63, 3.8) is 0 Å². The zero-order valence-electron chi connectivity index (χ0n) is 11.9. The van der Waals surface area contributed by atoms with E-state index in [0.717, 1.165) is 5.56 Å². The van der Waals surface area contributed by atoms with Crippen LogP contribution in [-0.4, -0.2) is 35.5 Å². The number of likely N-dealkylation sites (N-methyl/N-ethyl adjacent to an activating group) is 1. The van der Waals surface area contributed by atoms with Crippen molar-refractivity contribution in [2.24, 2.45) is 0 Å².